The first kappa shape index (κ1) is 16.3. The molecule has 1 aliphatic heterocycles. The van der Waals surface area contributed by atoms with E-state index in [1.807, 2.05) is 0 Å². The number of nitrogens with two attached hydrogens (primary N) is 1. The van der Waals surface area contributed by atoms with Crippen LogP contribution in [0.3, 0.4) is 0 Å². The molecular formula is C18H31N3. The van der Waals surface area contributed by atoms with Crippen LogP contribution in [0.15, 0.2) is 24.3 Å². The minimum atomic E-state index is 0.364. The molecule has 0 aromatic heterocycles. The number of rotatable bonds is 5. The fourth-order valence-corrected chi connectivity index (χ4v) is 3.22. The summed E-state index contributed by atoms with van der Waals surface area (Å²) in [7, 11) is 4.15. The number of benzene rings is 1. The molecule has 0 aliphatic carbocycles. The number of piperidine rings is 1. The molecular weight excluding hydrogens is 258 g/mol. The van der Waals surface area contributed by atoms with Gasteiger partial charge >= 0.3 is 0 Å². The van der Waals surface area contributed by atoms with Crippen LogP contribution in [0.5, 0.6) is 0 Å². The van der Waals surface area contributed by atoms with E-state index in [2.05, 4.69) is 62.0 Å². The largest absolute Gasteiger partial charge is 0.378 e. The van der Waals surface area contributed by atoms with Crippen molar-refractivity contribution in [3.63, 3.8) is 0 Å². The first-order valence-corrected chi connectivity index (χ1v) is 8.20. The van der Waals surface area contributed by atoms with E-state index >= 15 is 0 Å². The van der Waals surface area contributed by atoms with E-state index in [4.69, 9.17) is 5.73 Å². The van der Waals surface area contributed by atoms with Gasteiger partial charge in [0.25, 0.3) is 0 Å². The van der Waals surface area contributed by atoms with E-state index in [1.54, 1.807) is 0 Å². The van der Waals surface area contributed by atoms with Crippen molar-refractivity contribution in [1.29, 1.82) is 0 Å². The summed E-state index contributed by atoms with van der Waals surface area (Å²) < 4.78 is 0. The van der Waals surface area contributed by atoms with Crippen LogP contribution in [0.4, 0.5) is 5.69 Å². The Morgan fingerprint density at radius 1 is 1.19 bits per heavy atom. The van der Waals surface area contributed by atoms with Gasteiger partial charge < -0.3 is 10.6 Å². The topological polar surface area (TPSA) is 32.5 Å². The molecule has 1 aliphatic rings. The fourth-order valence-electron chi connectivity index (χ4n) is 3.22. The predicted octanol–water partition coefficient (Wildman–Crippen LogP) is 3.26. The number of anilines is 1. The van der Waals surface area contributed by atoms with Crippen LogP contribution in [0, 0.1) is 5.41 Å². The number of hydrogen-bond acceptors (Lipinski definition) is 3. The van der Waals surface area contributed by atoms with E-state index in [0.29, 0.717) is 18.0 Å². The summed E-state index contributed by atoms with van der Waals surface area (Å²) in [6.07, 6.45) is 3.86. The highest BCUT2D eigenvalue weighted by Gasteiger charge is 2.31. The maximum absolute atomic E-state index is 6.08. The molecule has 1 heterocycles. The average Bonchev–Trinajstić information content (AvgIpc) is 2.50. The van der Waals surface area contributed by atoms with Gasteiger partial charge in [0, 0.05) is 32.4 Å². The standard InChI is InChI=1S/C18H31N3/c1-5-18(2)10-12-21(13-11-18)17(14-19)15-6-8-16(9-7-15)20(3)4/h6-9,17H,5,10-14,19H2,1-4H3. The van der Waals surface area contributed by atoms with Gasteiger partial charge in [-0.25, -0.2) is 0 Å². The summed E-state index contributed by atoms with van der Waals surface area (Å²) >= 11 is 0. The first-order valence-electron chi connectivity index (χ1n) is 8.20. The van der Waals surface area contributed by atoms with Crippen LogP contribution in [-0.4, -0.2) is 38.6 Å². The smallest absolute Gasteiger partial charge is 0.0470 e. The van der Waals surface area contributed by atoms with Gasteiger partial charge in [0.15, 0.2) is 0 Å². The quantitative estimate of drug-likeness (QED) is 0.903. The molecule has 21 heavy (non-hydrogen) atoms. The molecule has 0 amide bonds. The van der Waals surface area contributed by atoms with Gasteiger partial charge in [-0.15, -0.1) is 0 Å². The van der Waals surface area contributed by atoms with Crippen molar-refractivity contribution in [2.24, 2.45) is 11.1 Å². The SMILES string of the molecule is CCC1(C)CCN(C(CN)c2ccc(N(C)C)cc2)CC1. The summed E-state index contributed by atoms with van der Waals surface area (Å²) in [4.78, 5) is 4.71. The second-order valence-corrected chi connectivity index (χ2v) is 6.94. The Morgan fingerprint density at radius 2 is 1.76 bits per heavy atom. The van der Waals surface area contributed by atoms with Gasteiger partial charge in [-0.1, -0.05) is 32.4 Å². The second-order valence-electron chi connectivity index (χ2n) is 6.94. The number of nitrogens with zero attached hydrogens (tertiary/aromatic N) is 2. The molecule has 2 rings (SSSR count). The van der Waals surface area contributed by atoms with Crippen molar-refractivity contribution in [1.82, 2.24) is 4.90 Å². The lowest BCUT2D eigenvalue weighted by Gasteiger charge is -2.42. The zero-order valence-corrected chi connectivity index (χ0v) is 14.1. The molecule has 2 N–H and O–H groups in total. The molecule has 1 unspecified atom stereocenters. The lowest BCUT2D eigenvalue weighted by molar-refractivity contribution is 0.0829. The van der Waals surface area contributed by atoms with Gasteiger partial charge in [0.2, 0.25) is 0 Å². The van der Waals surface area contributed by atoms with E-state index in [0.717, 1.165) is 0 Å². The summed E-state index contributed by atoms with van der Waals surface area (Å²) in [5.74, 6) is 0. The summed E-state index contributed by atoms with van der Waals surface area (Å²) in [6.45, 7) is 7.77. The molecule has 1 fully saturated rings. The van der Waals surface area contributed by atoms with E-state index in [-0.39, 0.29) is 0 Å². The molecule has 3 nitrogen and oxygen atoms in total. The van der Waals surface area contributed by atoms with Crippen molar-refractivity contribution in [2.45, 2.75) is 39.2 Å². The average molecular weight is 289 g/mol. The van der Waals surface area contributed by atoms with Crippen molar-refractivity contribution >= 4 is 5.69 Å². The summed E-state index contributed by atoms with van der Waals surface area (Å²) in [6, 6.07) is 9.22. The molecule has 1 aromatic rings. The van der Waals surface area contributed by atoms with Gasteiger partial charge in [0.05, 0.1) is 0 Å². The highest BCUT2D eigenvalue weighted by atomic mass is 15.2. The Morgan fingerprint density at radius 3 is 2.19 bits per heavy atom. The maximum atomic E-state index is 6.08. The molecule has 118 valence electrons. The highest BCUT2D eigenvalue weighted by molar-refractivity contribution is 5.46. The molecule has 1 aromatic carbocycles. The van der Waals surface area contributed by atoms with Crippen LogP contribution in [0.2, 0.25) is 0 Å². The van der Waals surface area contributed by atoms with E-state index < -0.39 is 0 Å². The lowest BCUT2D eigenvalue weighted by Crippen LogP contribution is -2.42. The molecule has 1 saturated heterocycles. The van der Waals surface area contributed by atoms with Gasteiger partial charge in [-0.2, -0.15) is 0 Å². The van der Waals surface area contributed by atoms with Gasteiger partial charge in [-0.3, -0.25) is 4.90 Å². The van der Waals surface area contributed by atoms with Gasteiger partial charge in [0.1, 0.15) is 0 Å². The Labute approximate surface area is 130 Å². The molecule has 0 spiro atoms. The summed E-state index contributed by atoms with van der Waals surface area (Å²) in [5.41, 5.74) is 9.21. The van der Waals surface area contributed by atoms with Crippen LogP contribution in [0.1, 0.15) is 44.7 Å². The predicted molar refractivity (Wildman–Crippen MR) is 91.8 cm³/mol. The third-order valence-corrected chi connectivity index (χ3v) is 5.32. The minimum Gasteiger partial charge on any atom is -0.378 e. The molecule has 3 heteroatoms. The number of hydrogen-bond donors (Lipinski definition) is 1. The highest BCUT2D eigenvalue weighted by Crippen LogP contribution is 2.36. The first-order chi connectivity index (χ1) is 9.99. The van der Waals surface area contributed by atoms with E-state index in [1.165, 1.54) is 43.6 Å². The Bertz CT molecular complexity index is 430. The number of likely N-dealkylation sites (tertiary alicyclic amines) is 1. The van der Waals surface area contributed by atoms with Crippen LogP contribution >= 0.6 is 0 Å². The third-order valence-electron chi connectivity index (χ3n) is 5.32. The monoisotopic (exact) mass is 289 g/mol. The maximum Gasteiger partial charge on any atom is 0.0470 e. The van der Waals surface area contributed by atoms with Crippen molar-refractivity contribution < 1.29 is 0 Å². The molecule has 0 radical (unpaired) electrons. The lowest BCUT2D eigenvalue weighted by atomic mass is 9.78. The third kappa shape index (κ3) is 3.78. The molecule has 1 atom stereocenters. The van der Waals surface area contributed by atoms with E-state index in [9.17, 15) is 0 Å². The van der Waals surface area contributed by atoms with Crippen molar-refractivity contribution in [3.05, 3.63) is 29.8 Å². The Balaban J connectivity index is 2.06. The van der Waals surface area contributed by atoms with Crippen molar-refractivity contribution in [3.8, 4) is 0 Å². The second kappa shape index (κ2) is 6.80. The van der Waals surface area contributed by atoms with Crippen LogP contribution < -0.4 is 10.6 Å². The molecule has 0 saturated carbocycles. The Hall–Kier alpha value is -1.06. The Kier molecular flexibility index (Phi) is 5.28. The van der Waals surface area contributed by atoms with Crippen LogP contribution in [0.25, 0.3) is 0 Å². The summed E-state index contributed by atoms with van der Waals surface area (Å²) in [5, 5.41) is 0. The zero-order chi connectivity index (χ0) is 15.5. The molecule has 0 bridgehead atoms. The van der Waals surface area contributed by atoms with Crippen LogP contribution in [-0.2, 0) is 0 Å². The minimum absolute atomic E-state index is 0.364. The zero-order valence-electron chi connectivity index (χ0n) is 14.1. The normalized spacial score (nSPS) is 20.2. The fraction of sp³-hybridized carbons (Fsp3) is 0.667. The van der Waals surface area contributed by atoms with Gasteiger partial charge in [-0.05, 0) is 49.0 Å². The van der Waals surface area contributed by atoms with Crippen molar-refractivity contribution in [2.75, 3.05) is 38.6 Å².